The zero-order valence-electron chi connectivity index (χ0n) is 11.2. The molecule has 0 aliphatic heterocycles. The molecule has 1 atom stereocenters. The van der Waals surface area contributed by atoms with Crippen LogP contribution in [0, 0.1) is 11.8 Å². The van der Waals surface area contributed by atoms with E-state index in [0.717, 1.165) is 19.0 Å². The Morgan fingerprint density at radius 2 is 2.16 bits per heavy atom. The van der Waals surface area contributed by atoms with Gasteiger partial charge in [0.2, 0.25) is 0 Å². The molecule has 1 unspecified atom stereocenters. The highest BCUT2D eigenvalue weighted by Crippen LogP contribution is 2.32. The highest BCUT2D eigenvalue weighted by atomic mass is 16.3. The predicted octanol–water partition coefficient (Wildman–Crippen LogP) is 2.67. The number of aromatic amines is 1. The molecule has 0 saturated heterocycles. The van der Waals surface area contributed by atoms with E-state index >= 15 is 0 Å². The fourth-order valence-corrected chi connectivity index (χ4v) is 2.91. The molecule has 1 aliphatic rings. The van der Waals surface area contributed by atoms with Gasteiger partial charge >= 0.3 is 0 Å². The second-order valence-corrected chi connectivity index (χ2v) is 5.65. The minimum Gasteiger partial charge on any atom is -0.396 e. The summed E-state index contributed by atoms with van der Waals surface area (Å²) in [5.41, 5.74) is 2.41. The van der Waals surface area contributed by atoms with Crippen molar-refractivity contribution in [3.8, 4) is 0 Å². The van der Waals surface area contributed by atoms with Gasteiger partial charge in [-0.05, 0) is 29.4 Å². The van der Waals surface area contributed by atoms with Gasteiger partial charge in [0.25, 0.3) is 0 Å². The van der Waals surface area contributed by atoms with Gasteiger partial charge in [-0.15, -0.1) is 0 Å². The molecule has 1 fully saturated rings. The van der Waals surface area contributed by atoms with E-state index in [-0.39, 0.29) is 0 Å². The second kappa shape index (κ2) is 5.76. The predicted molar refractivity (Wildman–Crippen MR) is 77.9 cm³/mol. The number of aliphatic hydroxyl groups is 1. The molecule has 0 amide bonds. The number of benzene rings is 1. The monoisotopic (exact) mass is 258 g/mol. The molecule has 1 heterocycles. The number of hydrogen-bond donors (Lipinski definition) is 3. The first-order chi connectivity index (χ1) is 9.36. The fourth-order valence-electron chi connectivity index (χ4n) is 2.91. The maximum absolute atomic E-state index is 9.43. The van der Waals surface area contributed by atoms with Crippen LogP contribution >= 0.6 is 0 Å². The normalized spacial score (nSPS) is 17.5. The van der Waals surface area contributed by atoms with Crippen LogP contribution in [-0.4, -0.2) is 23.2 Å². The van der Waals surface area contributed by atoms with E-state index in [1.807, 2.05) is 0 Å². The number of nitrogens with one attached hydrogen (secondary N) is 2. The summed E-state index contributed by atoms with van der Waals surface area (Å²) in [6.07, 6.45) is 3.92. The lowest BCUT2D eigenvalue weighted by Crippen LogP contribution is -2.33. The van der Waals surface area contributed by atoms with Crippen LogP contribution in [0.1, 0.15) is 25.0 Å². The van der Waals surface area contributed by atoms with E-state index in [1.165, 1.54) is 35.9 Å². The summed E-state index contributed by atoms with van der Waals surface area (Å²) in [5.74, 6) is 1.17. The molecule has 1 aromatic carbocycles. The summed E-state index contributed by atoms with van der Waals surface area (Å²) in [7, 11) is 0. The average molecular weight is 258 g/mol. The number of para-hydroxylation sites is 1. The Hall–Kier alpha value is -1.32. The van der Waals surface area contributed by atoms with Gasteiger partial charge < -0.3 is 15.4 Å². The van der Waals surface area contributed by atoms with Crippen molar-refractivity contribution in [1.29, 1.82) is 0 Å². The van der Waals surface area contributed by atoms with Gasteiger partial charge in [0, 0.05) is 30.9 Å². The third-order valence-electron chi connectivity index (χ3n) is 4.36. The SMILES string of the molecule is OCC(CNCc1cc2ccccc2[nH]1)C1CCC1. The van der Waals surface area contributed by atoms with Crippen molar-refractivity contribution >= 4 is 10.9 Å². The second-order valence-electron chi connectivity index (χ2n) is 5.65. The molecule has 0 radical (unpaired) electrons. The molecule has 1 aromatic heterocycles. The van der Waals surface area contributed by atoms with Gasteiger partial charge in [-0.3, -0.25) is 0 Å². The first kappa shape index (κ1) is 12.7. The van der Waals surface area contributed by atoms with Crippen LogP contribution in [0.4, 0.5) is 0 Å². The van der Waals surface area contributed by atoms with Crippen molar-refractivity contribution in [2.75, 3.05) is 13.2 Å². The van der Waals surface area contributed by atoms with Crippen LogP contribution in [-0.2, 0) is 6.54 Å². The molecule has 19 heavy (non-hydrogen) atoms. The lowest BCUT2D eigenvalue weighted by molar-refractivity contribution is 0.122. The van der Waals surface area contributed by atoms with Crippen LogP contribution in [0.2, 0.25) is 0 Å². The van der Waals surface area contributed by atoms with Crippen molar-refractivity contribution in [3.63, 3.8) is 0 Å². The maximum atomic E-state index is 9.43. The van der Waals surface area contributed by atoms with Crippen molar-refractivity contribution < 1.29 is 5.11 Å². The Bertz CT molecular complexity index is 497. The minimum atomic E-state index is 0.310. The first-order valence-corrected chi connectivity index (χ1v) is 7.25. The number of aromatic nitrogens is 1. The summed E-state index contributed by atoms with van der Waals surface area (Å²) in [6, 6.07) is 10.5. The molecule has 3 heteroatoms. The molecule has 102 valence electrons. The van der Waals surface area contributed by atoms with Crippen molar-refractivity contribution in [2.45, 2.75) is 25.8 Å². The lowest BCUT2D eigenvalue weighted by atomic mass is 9.76. The van der Waals surface area contributed by atoms with E-state index < -0.39 is 0 Å². The number of aliphatic hydroxyl groups excluding tert-OH is 1. The molecule has 3 N–H and O–H groups in total. The highest BCUT2D eigenvalue weighted by molar-refractivity contribution is 5.80. The molecule has 1 saturated carbocycles. The summed E-state index contributed by atoms with van der Waals surface area (Å²) < 4.78 is 0. The molecule has 3 nitrogen and oxygen atoms in total. The fraction of sp³-hybridized carbons (Fsp3) is 0.500. The quantitative estimate of drug-likeness (QED) is 0.746. The Kier molecular flexibility index (Phi) is 3.85. The number of fused-ring (bicyclic) bond motifs is 1. The van der Waals surface area contributed by atoms with Gasteiger partial charge in [0.1, 0.15) is 0 Å². The van der Waals surface area contributed by atoms with E-state index in [9.17, 15) is 5.11 Å². The van der Waals surface area contributed by atoms with Crippen molar-refractivity contribution in [3.05, 3.63) is 36.0 Å². The zero-order chi connectivity index (χ0) is 13.1. The van der Waals surface area contributed by atoms with Gasteiger partial charge in [-0.25, -0.2) is 0 Å². The standard InChI is InChI=1S/C16H22N2O/c19-11-14(12-5-3-6-12)9-17-10-15-8-13-4-1-2-7-16(13)18-15/h1-2,4,7-8,12,14,17-19H,3,5-6,9-11H2. The van der Waals surface area contributed by atoms with Gasteiger partial charge in [0.05, 0.1) is 0 Å². The molecule has 0 spiro atoms. The Balaban J connectivity index is 1.53. The van der Waals surface area contributed by atoms with Crippen LogP contribution < -0.4 is 5.32 Å². The topological polar surface area (TPSA) is 48.0 Å². The van der Waals surface area contributed by atoms with Gasteiger partial charge in [-0.2, -0.15) is 0 Å². The minimum absolute atomic E-state index is 0.310. The molecular weight excluding hydrogens is 236 g/mol. The summed E-state index contributed by atoms with van der Waals surface area (Å²) in [6.45, 7) is 2.07. The zero-order valence-corrected chi connectivity index (χ0v) is 11.2. The molecular formula is C16H22N2O. The number of rotatable bonds is 6. The summed E-state index contributed by atoms with van der Waals surface area (Å²) >= 11 is 0. The summed E-state index contributed by atoms with van der Waals surface area (Å²) in [5, 5.41) is 14.2. The van der Waals surface area contributed by atoms with Crippen LogP contribution in [0.15, 0.2) is 30.3 Å². The molecule has 1 aliphatic carbocycles. The molecule has 3 rings (SSSR count). The van der Waals surface area contributed by atoms with Gasteiger partial charge in [-0.1, -0.05) is 37.5 Å². The number of H-pyrrole nitrogens is 1. The Morgan fingerprint density at radius 3 is 2.84 bits per heavy atom. The van der Waals surface area contributed by atoms with E-state index in [1.54, 1.807) is 0 Å². The van der Waals surface area contributed by atoms with Crippen LogP contribution in [0.5, 0.6) is 0 Å². The Labute approximate surface area is 114 Å². The lowest BCUT2D eigenvalue weighted by Gasteiger charge is -2.32. The maximum Gasteiger partial charge on any atom is 0.0474 e. The van der Waals surface area contributed by atoms with Gasteiger partial charge in [0.15, 0.2) is 0 Å². The summed E-state index contributed by atoms with van der Waals surface area (Å²) in [4.78, 5) is 3.42. The van der Waals surface area contributed by atoms with E-state index in [4.69, 9.17) is 0 Å². The van der Waals surface area contributed by atoms with E-state index in [0.29, 0.717) is 12.5 Å². The average Bonchev–Trinajstić information content (AvgIpc) is 2.77. The van der Waals surface area contributed by atoms with Crippen LogP contribution in [0.25, 0.3) is 10.9 Å². The third-order valence-corrected chi connectivity index (χ3v) is 4.36. The smallest absolute Gasteiger partial charge is 0.0474 e. The number of hydrogen-bond acceptors (Lipinski definition) is 2. The van der Waals surface area contributed by atoms with Crippen molar-refractivity contribution in [1.82, 2.24) is 10.3 Å². The molecule has 2 aromatic rings. The highest BCUT2D eigenvalue weighted by Gasteiger charge is 2.26. The first-order valence-electron chi connectivity index (χ1n) is 7.25. The largest absolute Gasteiger partial charge is 0.396 e. The van der Waals surface area contributed by atoms with Crippen LogP contribution in [0.3, 0.4) is 0 Å². The van der Waals surface area contributed by atoms with Crippen molar-refractivity contribution in [2.24, 2.45) is 11.8 Å². The van der Waals surface area contributed by atoms with E-state index in [2.05, 4.69) is 40.6 Å². The Morgan fingerprint density at radius 1 is 1.32 bits per heavy atom. The molecule has 0 bridgehead atoms. The third kappa shape index (κ3) is 2.82.